The monoisotopic (exact) mass is 234 g/mol. The first-order valence-corrected chi connectivity index (χ1v) is 5.94. The smallest absolute Gasteiger partial charge is 0.233 e. The number of nitrogens with one attached hydrogen (secondary N) is 1. The molecule has 1 aliphatic heterocycles. The number of rotatable bonds is 2. The fraction of sp³-hybridized carbons (Fsp3) is 0.300. The lowest BCUT2D eigenvalue weighted by atomic mass is 10.4. The molecule has 2 aromatic rings. The van der Waals surface area contributed by atoms with Crippen LogP contribution < -0.4 is 5.32 Å². The largest absolute Gasteiger partial charge is 0.355 e. The molecular formula is C10H10N4OS. The van der Waals surface area contributed by atoms with Crippen molar-refractivity contribution in [3.05, 3.63) is 24.8 Å². The highest BCUT2D eigenvalue weighted by Gasteiger charge is 2.26. The second-order valence-electron chi connectivity index (χ2n) is 3.58. The van der Waals surface area contributed by atoms with E-state index in [1.165, 1.54) is 11.8 Å². The van der Waals surface area contributed by atoms with Crippen molar-refractivity contribution in [2.45, 2.75) is 16.7 Å². The van der Waals surface area contributed by atoms with Crippen LogP contribution in [0.1, 0.15) is 6.42 Å². The summed E-state index contributed by atoms with van der Waals surface area (Å²) in [7, 11) is 0. The van der Waals surface area contributed by atoms with Crippen molar-refractivity contribution in [2.24, 2.45) is 0 Å². The molecule has 1 saturated heterocycles. The van der Waals surface area contributed by atoms with Crippen LogP contribution >= 0.6 is 11.8 Å². The number of hydrogen-bond donors (Lipinski definition) is 1. The second-order valence-corrected chi connectivity index (χ2v) is 4.77. The van der Waals surface area contributed by atoms with Crippen LogP contribution in [0.5, 0.6) is 0 Å². The topological polar surface area (TPSA) is 59.3 Å². The Morgan fingerprint density at radius 1 is 1.38 bits per heavy atom. The summed E-state index contributed by atoms with van der Waals surface area (Å²) in [5.41, 5.74) is 0.812. The average molecular weight is 234 g/mol. The van der Waals surface area contributed by atoms with Gasteiger partial charge in [-0.2, -0.15) is 0 Å². The predicted octanol–water partition coefficient (Wildman–Crippen LogP) is 0.710. The predicted molar refractivity (Wildman–Crippen MR) is 60.3 cm³/mol. The quantitative estimate of drug-likeness (QED) is 0.831. The number of imidazole rings is 1. The molecule has 3 heterocycles. The maximum Gasteiger partial charge on any atom is 0.233 e. The van der Waals surface area contributed by atoms with Gasteiger partial charge in [0.1, 0.15) is 5.03 Å². The maximum atomic E-state index is 11.5. The van der Waals surface area contributed by atoms with E-state index in [0.29, 0.717) is 0 Å². The van der Waals surface area contributed by atoms with Gasteiger partial charge in [-0.25, -0.2) is 9.97 Å². The molecule has 3 rings (SSSR count). The molecule has 1 fully saturated rings. The summed E-state index contributed by atoms with van der Waals surface area (Å²) in [5, 5.41) is 3.60. The summed E-state index contributed by atoms with van der Waals surface area (Å²) in [5.74, 6) is 0.0976. The zero-order chi connectivity index (χ0) is 11.0. The van der Waals surface area contributed by atoms with Crippen LogP contribution in [0, 0.1) is 0 Å². The highest BCUT2D eigenvalue weighted by atomic mass is 32.2. The number of aromatic nitrogens is 3. The number of nitrogens with zero attached hydrogens (tertiary/aromatic N) is 3. The van der Waals surface area contributed by atoms with Crippen LogP contribution in [0.3, 0.4) is 0 Å². The van der Waals surface area contributed by atoms with Crippen molar-refractivity contribution in [1.82, 2.24) is 19.7 Å². The van der Waals surface area contributed by atoms with E-state index in [-0.39, 0.29) is 11.2 Å². The van der Waals surface area contributed by atoms with Gasteiger partial charge in [0.15, 0.2) is 5.65 Å². The van der Waals surface area contributed by atoms with Gasteiger partial charge in [-0.15, -0.1) is 0 Å². The van der Waals surface area contributed by atoms with Crippen LogP contribution in [0.2, 0.25) is 0 Å². The number of carbonyl (C=O) groups is 1. The van der Waals surface area contributed by atoms with E-state index in [4.69, 9.17) is 0 Å². The molecule has 16 heavy (non-hydrogen) atoms. The molecule has 1 unspecified atom stereocenters. The normalized spacial score (nSPS) is 20.2. The SMILES string of the molecule is O=C1NCCC1Sc1nccn2ccnc12. The standard InChI is InChI=1S/C10H10N4OS/c15-9-7(1-2-12-9)16-10-8-11-3-5-14(8)6-4-13-10/h3-7H,1-2H2,(H,12,15). The molecule has 1 aliphatic rings. The third-order valence-electron chi connectivity index (χ3n) is 2.53. The van der Waals surface area contributed by atoms with Crippen LogP contribution in [-0.2, 0) is 4.79 Å². The third kappa shape index (κ3) is 1.55. The van der Waals surface area contributed by atoms with Crippen molar-refractivity contribution in [3.63, 3.8) is 0 Å². The number of thioether (sulfide) groups is 1. The Bertz CT molecular complexity index is 538. The summed E-state index contributed by atoms with van der Waals surface area (Å²) >= 11 is 1.49. The molecule has 0 bridgehead atoms. The molecule has 2 aromatic heterocycles. The second kappa shape index (κ2) is 3.79. The first-order chi connectivity index (χ1) is 7.84. The third-order valence-corrected chi connectivity index (χ3v) is 3.78. The highest BCUT2D eigenvalue weighted by Crippen LogP contribution is 2.28. The molecule has 0 aliphatic carbocycles. The van der Waals surface area contributed by atoms with Gasteiger partial charge in [-0.3, -0.25) is 4.79 Å². The van der Waals surface area contributed by atoms with Gasteiger partial charge >= 0.3 is 0 Å². The Morgan fingerprint density at radius 2 is 2.19 bits per heavy atom. The summed E-state index contributed by atoms with van der Waals surface area (Å²) < 4.78 is 1.90. The van der Waals surface area contributed by atoms with Crippen LogP contribution in [-0.4, -0.2) is 32.1 Å². The minimum Gasteiger partial charge on any atom is -0.355 e. The molecular weight excluding hydrogens is 224 g/mol. The van der Waals surface area contributed by atoms with Crippen molar-refractivity contribution < 1.29 is 4.79 Å². The van der Waals surface area contributed by atoms with E-state index in [9.17, 15) is 4.79 Å². The fourth-order valence-corrected chi connectivity index (χ4v) is 2.81. The molecule has 1 atom stereocenters. The Hall–Kier alpha value is -1.56. The first-order valence-electron chi connectivity index (χ1n) is 5.06. The van der Waals surface area contributed by atoms with Crippen LogP contribution in [0.25, 0.3) is 5.65 Å². The Kier molecular flexibility index (Phi) is 2.28. The molecule has 1 N–H and O–H groups in total. The molecule has 0 saturated carbocycles. The van der Waals surface area contributed by atoms with Gasteiger partial charge in [0.2, 0.25) is 5.91 Å². The van der Waals surface area contributed by atoms with E-state index in [1.54, 1.807) is 12.4 Å². The first kappa shape index (κ1) is 9.65. The summed E-state index contributed by atoms with van der Waals surface area (Å²) in [6.07, 6.45) is 8.03. The molecule has 1 amide bonds. The van der Waals surface area contributed by atoms with E-state index in [0.717, 1.165) is 23.6 Å². The summed E-state index contributed by atoms with van der Waals surface area (Å²) in [6, 6.07) is 0. The van der Waals surface area contributed by atoms with Gasteiger partial charge < -0.3 is 9.72 Å². The summed E-state index contributed by atoms with van der Waals surface area (Å²) in [6.45, 7) is 0.758. The number of carbonyl (C=O) groups excluding carboxylic acids is 1. The zero-order valence-corrected chi connectivity index (χ0v) is 9.28. The van der Waals surface area contributed by atoms with Gasteiger partial charge in [0.05, 0.1) is 5.25 Å². The van der Waals surface area contributed by atoms with Gasteiger partial charge in [0.25, 0.3) is 0 Å². The lowest BCUT2D eigenvalue weighted by Gasteiger charge is -2.06. The highest BCUT2D eigenvalue weighted by molar-refractivity contribution is 8.00. The minimum absolute atomic E-state index is 0.0320. The van der Waals surface area contributed by atoms with Gasteiger partial charge in [-0.1, -0.05) is 11.8 Å². The Morgan fingerprint density at radius 3 is 2.94 bits per heavy atom. The van der Waals surface area contributed by atoms with Crippen LogP contribution in [0.4, 0.5) is 0 Å². The van der Waals surface area contributed by atoms with Gasteiger partial charge in [0, 0.05) is 31.3 Å². The fourth-order valence-electron chi connectivity index (χ4n) is 1.73. The molecule has 82 valence electrons. The van der Waals surface area contributed by atoms with E-state index >= 15 is 0 Å². The Labute approximate surface area is 96.3 Å². The van der Waals surface area contributed by atoms with Crippen molar-refractivity contribution in [1.29, 1.82) is 0 Å². The number of amides is 1. The Balaban J connectivity index is 1.94. The van der Waals surface area contributed by atoms with Gasteiger partial charge in [-0.05, 0) is 6.42 Å². The van der Waals surface area contributed by atoms with Crippen molar-refractivity contribution >= 4 is 23.3 Å². The van der Waals surface area contributed by atoms with Crippen LogP contribution in [0.15, 0.2) is 29.8 Å². The van der Waals surface area contributed by atoms with Crippen molar-refractivity contribution in [2.75, 3.05) is 6.54 Å². The molecule has 0 aromatic carbocycles. The van der Waals surface area contributed by atoms with E-state index < -0.39 is 0 Å². The lowest BCUT2D eigenvalue weighted by Crippen LogP contribution is -2.20. The lowest BCUT2D eigenvalue weighted by molar-refractivity contribution is -0.118. The van der Waals surface area contributed by atoms with E-state index in [1.807, 2.05) is 16.8 Å². The van der Waals surface area contributed by atoms with Crippen molar-refractivity contribution in [3.8, 4) is 0 Å². The van der Waals surface area contributed by atoms with E-state index in [2.05, 4.69) is 15.3 Å². The summed E-state index contributed by atoms with van der Waals surface area (Å²) in [4.78, 5) is 20.0. The zero-order valence-electron chi connectivity index (χ0n) is 8.46. The number of fused-ring (bicyclic) bond motifs is 1. The average Bonchev–Trinajstić information content (AvgIpc) is 2.89. The number of hydrogen-bond acceptors (Lipinski definition) is 4. The minimum atomic E-state index is -0.0320. The molecule has 0 spiro atoms. The molecule has 0 radical (unpaired) electrons. The maximum absolute atomic E-state index is 11.5. The molecule has 5 nitrogen and oxygen atoms in total. The molecule has 6 heteroatoms.